The number of hydrogen-bond donors (Lipinski definition) is 0. The molecule has 50 valence electrons. The summed E-state index contributed by atoms with van der Waals surface area (Å²) in [4.78, 5) is 5.11. The minimum absolute atomic E-state index is 0. The first-order valence-corrected chi connectivity index (χ1v) is 2.73. The van der Waals surface area contributed by atoms with E-state index in [0.29, 0.717) is 0 Å². The lowest BCUT2D eigenvalue weighted by Gasteiger charge is -2.20. The molecule has 1 heterocycles. The van der Waals surface area contributed by atoms with Crippen LogP contribution in [-0.2, 0) is 4.84 Å². The lowest BCUT2D eigenvalue weighted by atomic mass is 10.3. The van der Waals surface area contributed by atoms with E-state index in [1.165, 1.54) is 12.8 Å². The highest BCUT2D eigenvalue weighted by atomic mass is 16.7. The van der Waals surface area contributed by atoms with Crippen molar-refractivity contribution in [3.05, 3.63) is 0 Å². The maximum absolute atomic E-state index is 5.11. The normalized spacial score (nSPS) is 22.1. The summed E-state index contributed by atoms with van der Waals surface area (Å²) in [5, 5.41) is 1.89. The standard InChI is InChI=1S/C5H11NO.CH4/c1-6-4-2-3-5-7-6;/h2-5H2,1H3;1H4. The van der Waals surface area contributed by atoms with Crippen LogP contribution in [0, 0.1) is 0 Å². The molecule has 2 nitrogen and oxygen atoms in total. The summed E-state index contributed by atoms with van der Waals surface area (Å²) in [6.07, 6.45) is 2.51. The van der Waals surface area contributed by atoms with Crippen molar-refractivity contribution in [2.24, 2.45) is 0 Å². The largest absolute Gasteiger partial charge is 0.299 e. The molecule has 1 aliphatic rings. The van der Waals surface area contributed by atoms with Crippen LogP contribution < -0.4 is 0 Å². The van der Waals surface area contributed by atoms with Gasteiger partial charge in [-0.3, -0.25) is 4.84 Å². The second-order valence-electron chi connectivity index (χ2n) is 1.89. The Balaban J connectivity index is 0.000000490. The van der Waals surface area contributed by atoms with Gasteiger partial charge >= 0.3 is 0 Å². The quantitative estimate of drug-likeness (QED) is 0.474. The molecule has 0 aromatic rings. The van der Waals surface area contributed by atoms with Gasteiger partial charge in [0.2, 0.25) is 0 Å². The number of rotatable bonds is 0. The van der Waals surface area contributed by atoms with E-state index >= 15 is 0 Å². The molecule has 0 saturated carbocycles. The molecule has 0 aliphatic carbocycles. The summed E-state index contributed by atoms with van der Waals surface area (Å²) in [7, 11) is 1.97. The zero-order valence-electron chi connectivity index (χ0n) is 4.68. The zero-order valence-corrected chi connectivity index (χ0v) is 4.68. The van der Waals surface area contributed by atoms with E-state index in [9.17, 15) is 0 Å². The Morgan fingerprint density at radius 1 is 1.38 bits per heavy atom. The topological polar surface area (TPSA) is 12.5 Å². The third kappa shape index (κ3) is 2.28. The zero-order chi connectivity index (χ0) is 5.11. The summed E-state index contributed by atoms with van der Waals surface area (Å²) in [5.74, 6) is 0. The maximum atomic E-state index is 5.11. The van der Waals surface area contributed by atoms with Crippen LogP contribution in [0.15, 0.2) is 0 Å². The van der Waals surface area contributed by atoms with Crippen molar-refractivity contribution >= 4 is 0 Å². The summed E-state index contributed by atoms with van der Waals surface area (Å²) in [5.41, 5.74) is 0. The van der Waals surface area contributed by atoms with Crippen LogP contribution >= 0.6 is 0 Å². The summed E-state index contributed by atoms with van der Waals surface area (Å²) >= 11 is 0. The fraction of sp³-hybridized carbons (Fsp3) is 1.00. The summed E-state index contributed by atoms with van der Waals surface area (Å²) in [6.45, 7) is 2.01. The van der Waals surface area contributed by atoms with Gasteiger partial charge in [-0.2, -0.15) is 5.06 Å². The molecule has 0 aromatic heterocycles. The van der Waals surface area contributed by atoms with Crippen LogP contribution in [0.25, 0.3) is 0 Å². The number of nitrogens with zero attached hydrogens (tertiary/aromatic N) is 1. The van der Waals surface area contributed by atoms with Crippen molar-refractivity contribution in [1.29, 1.82) is 0 Å². The lowest BCUT2D eigenvalue weighted by Crippen LogP contribution is -2.25. The van der Waals surface area contributed by atoms with E-state index in [1.807, 2.05) is 12.1 Å². The Kier molecular flexibility index (Phi) is 3.83. The van der Waals surface area contributed by atoms with Crippen molar-refractivity contribution < 1.29 is 4.84 Å². The first kappa shape index (κ1) is 7.92. The van der Waals surface area contributed by atoms with Gasteiger partial charge in [0, 0.05) is 13.6 Å². The van der Waals surface area contributed by atoms with Crippen LogP contribution in [0.3, 0.4) is 0 Å². The van der Waals surface area contributed by atoms with E-state index in [0.717, 1.165) is 13.2 Å². The molecule has 1 saturated heterocycles. The Morgan fingerprint density at radius 3 is 2.38 bits per heavy atom. The van der Waals surface area contributed by atoms with Crippen molar-refractivity contribution in [1.82, 2.24) is 5.06 Å². The van der Waals surface area contributed by atoms with Gasteiger partial charge in [0.1, 0.15) is 0 Å². The Labute approximate surface area is 51.4 Å². The molecule has 0 N–H and O–H groups in total. The molecule has 8 heavy (non-hydrogen) atoms. The summed E-state index contributed by atoms with van der Waals surface area (Å²) < 4.78 is 0. The average Bonchev–Trinajstić information content (AvgIpc) is 1.69. The third-order valence-electron chi connectivity index (χ3n) is 1.18. The van der Waals surface area contributed by atoms with Gasteiger partial charge in [0.15, 0.2) is 0 Å². The molecule has 2 heteroatoms. The minimum Gasteiger partial charge on any atom is -0.299 e. The molecule has 0 aromatic carbocycles. The SMILES string of the molecule is C.CN1CCCCO1. The number of hydrogen-bond acceptors (Lipinski definition) is 2. The van der Waals surface area contributed by atoms with Gasteiger partial charge in [-0.15, -0.1) is 0 Å². The molecule has 0 bridgehead atoms. The van der Waals surface area contributed by atoms with Gasteiger partial charge in [-0.05, 0) is 12.8 Å². The number of hydroxylamine groups is 2. The Morgan fingerprint density at radius 2 is 2.12 bits per heavy atom. The van der Waals surface area contributed by atoms with Crippen LogP contribution in [0.5, 0.6) is 0 Å². The second kappa shape index (κ2) is 3.87. The van der Waals surface area contributed by atoms with Crippen LogP contribution in [0.4, 0.5) is 0 Å². The average molecular weight is 117 g/mol. The molecular formula is C6H15NO. The van der Waals surface area contributed by atoms with Crippen LogP contribution in [0.2, 0.25) is 0 Å². The van der Waals surface area contributed by atoms with Gasteiger partial charge in [-0.25, -0.2) is 0 Å². The third-order valence-corrected chi connectivity index (χ3v) is 1.18. The van der Waals surface area contributed by atoms with Crippen molar-refractivity contribution in [2.45, 2.75) is 20.3 Å². The molecule has 1 fully saturated rings. The van der Waals surface area contributed by atoms with E-state index in [-0.39, 0.29) is 7.43 Å². The van der Waals surface area contributed by atoms with Crippen molar-refractivity contribution in [3.63, 3.8) is 0 Å². The predicted molar refractivity (Wildman–Crippen MR) is 34.5 cm³/mol. The molecule has 0 atom stereocenters. The van der Waals surface area contributed by atoms with Gasteiger partial charge in [0.25, 0.3) is 0 Å². The molecule has 1 rings (SSSR count). The Bertz CT molecular complexity index is 50.5. The molecule has 0 radical (unpaired) electrons. The van der Waals surface area contributed by atoms with Crippen LogP contribution in [-0.4, -0.2) is 25.3 Å². The first-order chi connectivity index (χ1) is 3.39. The van der Waals surface area contributed by atoms with E-state index in [1.54, 1.807) is 0 Å². The monoisotopic (exact) mass is 117 g/mol. The highest BCUT2D eigenvalue weighted by Gasteiger charge is 2.02. The Hall–Kier alpha value is -0.0800. The van der Waals surface area contributed by atoms with Gasteiger partial charge in [0.05, 0.1) is 6.61 Å². The second-order valence-corrected chi connectivity index (χ2v) is 1.89. The van der Waals surface area contributed by atoms with E-state index in [2.05, 4.69) is 0 Å². The molecule has 1 aliphatic heterocycles. The summed E-state index contributed by atoms with van der Waals surface area (Å²) in [6, 6.07) is 0. The fourth-order valence-corrected chi connectivity index (χ4v) is 0.721. The lowest BCUT2D eigenvalue weighted by molar-refractivity contribution is -0.161. The van der Waals surface area contributed by atoms with E-state index in [4.69, 9.17) is 4.84 Å². The maximum Gasteiger partial charge on any atom is 0.0685 e. The molecule has 0 spiro atoms. The molecular weight excluding hydrogens is 102 g/mol. The van der Waals surface area contributed by atoms with Gasteiger partial charge in [-0.1, -0.05) is 7.43 Å². The van der Waals surface area contributed by atoms with Crippen molar-refractivity contribution in [3.8, 4) is 0 Å². The predicted octanol–water partition coefficient (Wildman–Crippen LogP) is 1.28. The van der Waals surface area contributed by atoms with Gasteiger partial charge < -0.3 is 0 Å². The molecule has 0 amide bonds. The first-order valence-electron chi connectivity index (χ1n) is 2.73. The van der Waals surface area contributed by atoms with Crippen LogP contribution in [0.1, 0.15) is 20.3 Å². The van der Waals surface area contributed by atoms with Crippen molar-refractivity contribution in [2.75, 3.05) is 20.2 Å². The highest BCUT2D eigenvalue weighted by Crippen LogP contribution is 2.00. The smallest absolute Gasteiger partial charge is 0.0685 e. The molecule has 0 unspecified atom stereocenters. The highest BCUT2D eigenvalue weighted by molar-refractivity contribution is 4.46. The minimum atomic E-state index is 0. The fourth-order valence-electron chi connectivity index (χ4n) is 0.721. The van der Waals surface area contributed by atoms with E-state index < -0.39 is 0 Å².